The summed E-state index contributed by atoms with van der Waals surface area (Å²) in [5.74, 6) is 0.100. The zero-order chi connectivity index (χ0) is 13.8. The summed E-state index contributed by atoms with van der Waals surface area (Å²) in [6.07, 6.45) is 0. The third-order valence-corrected chi connectivity index (χ3v) is 2.75. The number of aromatic nitrogens is 3. The van der Waals surface area contributed by atoms with Gasteiger partial charge in [-0.1, -0.05) is 40.1 Å². The number of rotatable bonds is 4. The van der Waals surface area contributed by atoms with Crippen molar-refractivity contribution < 1.29 is 14.3 Å². The van der Waals surface area contributed by atoms with E-state index in [4.69, 9.17) is 27.9 Å². The van der Waals surface area contributed by atoms with Crippen molar-refractivity contribution in [2.45, 2.75) is 6.54 Å². The molecule has 1 heterocycles. The number of halogens is 2. The minimum absolute atomic E-state index is 0.0884. The van der Waals surface area contributed by atoms with E-state index in [1.165, 1.54) is 11.8 Å². The van der Waals surface area contributed by atoms with Crippen molar-refractivity contribution in [3.05, 3.63) is 34.9 Å². The Morgan fingerprint density at radius 2 is 2.16 bits per heavy atom. The molecule has 0 saturated heterocycles. The highest BCUT2D eigenvalue weighted by molar-refractivity contribution is 6.61. The Morgan fingerprint density at radius 1 is 1.42 bits per heavy atom. The molecule has 8 heteroatoms. The van der Waals surface area contributed by atoms with E-state index < -0.39 is 5.43 Å². The first-order valence-electron chi connectivity index (χ1n) is 5.20. The molecule has 0 fully saturated rings. The summed E-state index contributed by atoms with van der Waals surface area (Å²) in [4.78, 5) is 10.7. The zero-order valence-corrected chi connectivity index (χ0v) is 11.4. The van der Waals surface area contributed by atoms with Crippen molar-refractivity contribution >= 4 is 28.6 Å². The third-order valence-electron chi connectivity index (χ3n) is 2.31. The Morgan fingerprint density at radius 3 is 2.79 bits per heavy atom. The lowest BCUT2D eigenvalue weighted by Crippen LogP contribution is -2.05. The molecule has 19 heavy (non-hydrogen) atoms. The minimum Gasteiger partial charge on any atom is -0.477 e. The van der Waals surface area contributed by atoms with Crippen molar-refractivity contribution in [3.63, 3.8) is 0 Å². The van der Waals surface area contributed by atoms with Crippen molar-refractivity contribution in [1.82, 2.24) is 15.0 Å². The predicted octanol–water partition coefficient (Wildman–Crippen LogP) is 2.73. The van der Waals surface area contributed by atoms with Gasteiger partial charge in [0, 0.05) is 16.6 Å². The summed E-state index contributed by atoms with van der Waals surface area (Å²) in [6, 6.07) is 7.28. The van der Waals surface area contributed by atoms with Crippen molar-refractivity contribution in [2.24, 2.45) is 0 Å². The minimum atomic E-state index is -1.01. The fourth-order valence-electron chi connectivity index (χ4n) is 1.51. The van der Waals surface area contributed by atoms with Crippen LogP contribution in [0.2, 0.25) is 5.02 Å². The van der Waals surface area contributed by atoms with E-state index in [0.29, 0.717) is 11.6 Å². The summed E-state index contributed by atoms with van der Waals surface area (Å²) in [5, 5.41) is 8.09. The second-order valence-corrected chi connectivity index (χ2v) is 4.21. The van der Waals surface area contributed by atoms with Crippen LogP contribution in [0.5, 0.6) is 11.8 Å². The highest BCUT2D eigenvalue weighted by atomic mass is 35.5. The van der Waals surface area contributed by atoms with Crippen LogP contribution in [-0.2, 0) is 6.54 Å². The highest BCUT2D eigenvalue weighted by Gasteiger charge is 2.18. The van der Waals surface area contributed by atoms with Crippen LogP contribution in [-0.4, -0.2) is 27.5 Å². The highest BCUT2D eigenvalue weighted by Crippen LogP contribution is 2.26. The van der Waals surface area contributed by atoms with Crippen LogP contribution < -0.4 is 9.47 Å². The Bertz CT molecular complexity index is 601. The van der Waals surface area contributed by atoms with Crippen molar-refractivity contribution in [3.8, 4) is 11.8 Å². The van der Waals surface area contributed by atoms with E-state index in [1.54, 1.807) is 6.07 Å². The molecule has 0 radical (unpaired) electrons. The molecular weight excluding hydrogens is 293 g/mol. The predicted molar refractivity (Wildman–Crippen MR) is 69.0 cm³/mol. The number of methoxy groups -OCH3 is 1. The number of hydrogen-bond acceptors (Lipinski definition) is 5. The average molecular weight is 302 g/mol. The van der Waals surface area contributed by atoms with Gasteiger partial charge in [0.05, 0.1) is 13.7 Å². The second-order valence-electron chi connectivity index (χ2n) is 3.49. The second kappa shape index (κ2) is 5.90. The van der Waals surface area contributed by atoms with E-state index in [0.717, 1.165) is 5.56 Å². The first-order valence-corrected chi connectivity index (χ1v) is 5.95. The maximum Gasteiger partial charge on any atom is 0.410 e. The molecule has 6 nitrogen and oxygen atoms in total. The zero-order valence-electron chi connectivity index (χ0n) is 9.84. The van der Waals surface area contributed by atoms with E-state index in [2.05, 4.69) is 15.0 Å². The van der Waals surface area contributed by atoms with Crippen LogP contribution >= 0.6 is 23.2 Å². The van der Waals surface area contributed by atoms with Crippen LogP contribution in [0.25, 0.3) is 0 Å². The molecule has 100 valence electrons. The van der Waals surface area contributed by atoms with Crippen LogP contribution in [0.1, 0.15) is 5.56 Å². The third kappa shape index (κ3) is 3.15. The van der Waals surface area contributed by atoms with Crippen LogP contribution in [0.15, 0.2) is 24.3 Å². The maximum atomic E-state index is 10.7. The van der Waals surface area contributed by atoms with Gasteiger partial charge >= 0.3 is 11.3 Å². The topological polar surface area (TPSA) is 66.2 Å². The lowest BCUT2D eigenvalue weighted by molar-refractivity contribution is 0.221. The number of ether oxygens (including phenoxy) is 2. The molecule has 0 N–H and O–H groups in total. The van der Waals surface area contributed by atoms with Gasteiger partial charge in [0.15, 0.2) is 0 Å². The fourth-order valence-corrected chi connectivity index (χ4v) is 1.78. The van der Waals surface area contributed by atoms with Crippen LogP contribution in [0.3, 0.4) is 0 Å². The summed E-state index contributed by atoms with van der Waals surface area (Å²) >= 11 is 11.2. The van der Waals surface area contributed by atoms with Gasteiger partial charge < -0.3 is 9.47 Å². The van der Waals surface area contributed by atoms with Gasteiger partial charge in [-0.15, -0.1) is 0 Å². The van der Waals surface area contributed by atoms with Crippen molar-refractivity contribution in [1.29, 1.82) is 0 Å². The van der Waals surface area contributed by atoms with Gasteiger partial charge in [0.2, 0.25) is 0 Å². The molecule has 2 rings (SSSR count). The Kier molecular flexibility index (Phi) is 4.24. The Balaban J connectivity index is 2.28. The van der Waals surface area contributed by atoms with Crippen LogP contribution in [0.4, 0.5) is 4.79 Å². The SMILES string of the molecule is COc1c(OC(=O)Cl)nnn1Cc1ccccc1Cl. The van der Waals surface area contributed by atoms with Crippen molar-refractivity contribution in [2.75, 3.05) is 7.11 Å². The summed E-state index contributed by atoms with van der Waals surface area (Å²) in [5.41, 5.74) is -0.181. The first-order chi connectivity index (χ1) is 9.11. The molecule has 0 amide bonds. The lowest BCUT2D eigenvalue weighted by Gasteiger charge is -2.07. The summed E-state index contributed by atoms with van der Waals surface area (Å²) in [6.45, 7) is 0.329. The van der Waals surface area contributed by atoms with Gasteiger partial charge in [-0.2, -0.15) is 0 Å². The van der Waals surface area contributed by atoms with Gasteiger partial charge in [0.25, 0.3) is 5.88 Å². The molecule has 1 aromatic heterocycles. The molecule has 1 aromatic carbocycles. The van der Waals surface area contributed by atoms with Gasteiger partial charge in [-0.05, 0) is 11.6 Å². The smallest absolute Gasteiger partial charge is 0.410 e. The average Bonchev–Trinajstić information content (AvgIpc) is 2.73. The molecule has 0 bridgehead atoms. The molecule has 0 aliphatic carbocycles. The number of hydrogen-bond donors (Lipinski definition) is 0. The molecule has 0 aliphatic rings. The number of carbonyl (C=O) groups excluding carboxylic acids is 1. The van der Waals surface area contributed by atoms with Gasteiger partial charge in [0.1, 0.15) is 0 Å². The van der Waals surface area contributed by atoms with Crippen LogP contribution in [0, 0.1) is 0 Å². The van der Waals surface area contributed by atoms with Gasteiger partial charge in [-0.25, -0.2) is 9.48 Å². The number of carbonyl (C=O) groups is 1. The summed E-state index contributed by atoms with van der Waals surface area (Å²) < 4.78 is 11.2. The molecular formula is C11H9Cl2N3O3. The monoisotopic (exact) mass is 301 g/mol. The Labute approximate surface area is 118 Å². The Hall–Kier alpha value is -1.79. The van der Waals surface area contributed by atoms with E-state index in [-0.39, 0.29) is 11.8 Å². The number of benzene rings is 1. The molecule has 0 aliphatic heterocycles. The standard InChI is InChI=1S/C11H9Cl2N3O3/c1-18-10-9(19-11(13)17)14-15-16(10)6-7-4-2-3-5-8(7)12/h2-5H,6H2,1H3. The largest absolute Gasteiger partial charge is 0.477 e. The molecule has 0 spiro atoms. The molecule has 0 atom stereocenters. The van der Waals surface area contributed by atoms with E-state index in [9.17, 15) is 4.79 Å². The van der Waals surface area contributed by atoms with Gasteiger partial charge in [-0.3, -0.25) is 0 Å². The molecule has 0 saturated carbocycles. The van der Waals surface area contributed by atoms with E-state index >= 15 is 0 Å². The lowest BCUT2D eigenvalue weighted by atomic mass is 10.2. The number of nitrogens with zero attached hydrogens (tertiary/aromatic N) is 3. The molecule has 0 unspecified atom stereocenters. The summed E-state index contributed by atoms with van der Waals surface area (Å²) in [7, 11) is 1.41. The maximum absolute atomic E-state index is 10.7. The molecule has 2 aromatic rings. The normalized spacial score (nSPS) is 10.3. The fraction of sp³-hybridized carbons (Fsp3) is 0.182. The first kappa shape index (κ1) is 13.6. The van der Waals surface area contributed by atoms with E-state index in [1.807, 2.05) is 18.2 Å². The quantitative estimate of drug-likeness (QED) is 0.812.